The maximum Gasteiger partial charge on any atom is 0.270 e. The lowest BCUT2D eigenvalue weighted by molar-refractivity contribution is -0.384. The maximum absolute atomic E-state index is 13.9. The van der Waals surface area contributed by atoms with Crippen LogP contribution in [-0.4, -0.2) is 59.8 Å². The summed E-state index contributed by atoms with van der Waals surface area (Å²) in [6.07, 6.45) is 4.30. The molecule has 9 heteroatoms. The van der Waals surface area contributed by atoms with Gasteiger partial charge >= 0.3 is 0 Å². The Bertz CT molecular complexity index is 1220. The first-order valence-electron chi connectivity index (χ1n) is 11.1. The molecule has 0 unspecified atom stereocenters. The molecule has 0 radical (unpaired) electrons. The highest BCUT2D eigenvalue weighted by Crippen LogP contribution is 2.49. The fourth-order valence-electron chi connectivity index (χ4n) is 5.41. The highest BCUT2D eigenvalue weighted by molar-refractivity contribution is 6.14. The zero-order valence-electron chi connectivity index (χ0n) is 18.5. The number of fused-ring (bicyclic) bond motifs is 5. The highest BCUT2D eigenvalue weighted by atomic mass is 16.6. The van der Waals surface area contributed by atoms with Gasteiger partial charge in [-0.3, -0.25) is 29.4 Å². The Hall–Kier alpha value is -3.85. The zero-order valence-corrected chi connectivity index (χ0v) is 18.5. The smallest absolute Gasteiger partial charge is 0.270 e. The number of methoxy groups -OCH3 is 1. The monoisotopic (exact) mass is 461 g/mol. The lowest BCUT2D eigenvalue weighted by Crippen LogP contribution is -2.48. The van der Waals surface area contributed by atoms with Gasteiger partial charge in [-0.15, -0.1) is 0 Å². The molecule has 5 rings (SSSR count). The summed E-state index contributed by atoms with van der Waals surface area (Å²) in [6, 6.07) is 11.6. The molecule has 0 aliphatic carbocycles. The number of benzene rings is 2. The predicted molar refractivity (Wildman–Crippen MR) is 123 cm³/mol. The molecular formula is C25H23N3O6. The summed E-state index contributed by atoms with van der Waals surface area (Å²) >= 11 is 0. The minimum atomic E-state index is -0.952. The number of ketones is 1. The number of nitrogens with zero attached hydrogens (tertiary/aromatic N) is 3. The summed E-state index contributed by atoms with van der Waals surface area (Å²) in [5.74, 6) is -2.66. The van der Waals surface area contributed by atoms with Crippen LogP contribution in [0, 0.1) is 22.0 Å². The summed E-state index contributed by atoms with van der Waals surface area (Å²) in [7, 11) is 1.55. The Morgan fingerprint density at radius 3 is 2.62 bits per heavy atom. The Morgan fingerprint density at radius 2 is 1.85 bits per heavy atom. The molecule has 0 spiro atoms. The number of likely N-dealkylation sites (tertiary alicyclic amines) is 1. The van der Waals surface area contributed by atoms with E-state index in [1.54, 1.807) is 7.11 Å². The largest absolute Gasteiger partial charge is 0.385 e. The van der Waals surface area contributed by atoms with Gasteiger partial charge in [-0.2, -0.15) is 0 Å². The topological polar surface area (TPSA) is 110 Å². The first kappa shape index (κ1) is 22.0. The number of hydrogen-bond donors (Lipinski definition) is 0. The van der Waals surface area contributed by atoms with Crippen molar-refractivity contribution < 1.29 is 24.0 Å². The molecule has 2 fully saturated rings. The van der Waals surface area contributed by atoms with E-state index in [1.165, 1.54) is 29.2 Å². The van der Waals surface area contributed by atoms with Crippen LogP contribution in [0.15, 0.2) is 54.6 Å². The number of para-hydroxylation sites is 1. The second kappa shape index (κ2) is 8.49. The first-order valence-corrected chi connectivity index (χ1v) is 11.1. The van der Waals surface area contributed by atoms with Crippen molar-refractivity contribution in [3.05, 3.63) is 75.8 Å². The van der Waals surface area contributed by atoms with Gasteiger partial charge < -0.3 is 9.64 Å². The quantitative estimate of drug-likeness (QED) is 0.205. The van der Waals surface area contributed by atoms with Crippen molar-refractivity contribution in [3.8, 4) is 0 Å². The van der Waals surface area contributed by atoms with E-state index in [1.807, 2.05) is 41.3 Å². The number of nitro groups is 1. The minimum absolute atomic E-state index is 0.142. The average Bonchev–Trinajstić information content (AvgIpc) is 3.32. The molecule has 3 aliphatic rings. The fourth-order valence-corrected chi connectivity index (χ4v) is 5.41. The summed E-state index contributed by atoms with van der Waals surface area (Å²) < 4.78 is 5.06. The molecule has 2 aromatic carbocycles. The van der Waals surface area contributed by atoms with E-state index in [0.717, 1.165) is 11.3 Å². The molecule has 3 heterocycles. The van der Waals surface area contributed by atoms with Gasteiger partial charge in [-0.05, 0) is 18.1 Å². The summed E-state index contributed by atoms with van der Waals surface area (Å²) in [6.45, 7) is 0.633. The van der Waals surface area contributed by atoms with Crippen molar-refractivity contribution in [2.75, 3.05) is 25.2 Å². The van der Waals surface area contributed by atoms with Gasteiger partial charge in [-0.25, -0.2) is 0 Å². The van der Waals surface area contributed by atoms with Crippen LogP contribution in [0.5, 0.6) is 0 Å². The number of Topliss-reactive ketones (excluding diaryl/α,β-unsaturated/α-hetero) is 1. The van der Waals surface area contributed by atoms with Gasteiger partial charge in [0.2, 0.25) is 11.8 Å². The number of rotatable bonds is 7. The molecule has 9 nitrogen and oxygen atoms in total. The zero-order chi connectivity index (χ0) is 24.0. The maximum atomic E-state index is 13.9. The standard InChI is InChI=1S/C25H23N3O6/c1-34-13-5-12-26-24(30)20-19-11-10-15-6-2-3-9-18(15)27(19)22(21(20)25(26)31)23(29)16-7-4-8-17(14-16)28(32)33/h2-4,6-11,14,19-22H,5,12-13H2,1H3/t19-,20-,21+,22-/m0/s1. The SMILES string of the molecule is COCCCN1C(=O)[C@@H]2[C@@H](C1=O)[C@@H]1C=Cc3ccccc3N1[C@@H]2C(=O)c1cccc([N+](=O)[O-])c1. The molecule has 34 heavy (non-hydrogen) atoms. The highest BCUT2D eigenvalue weighted by Gasteiger charge is 2.63. The minimum Gasteiger partial charge on any atom is -0.385 e. The van der Waals surface area contributed by atoms with Crippen LogP contribution in [-0.2, 0) is 14.3 Å². The lowest BCUT2D eigenvalue weighted by Gasteiger charge is -2.36. The van der Waals surface area contributed by atoms with Crippen LogP contribution in [0.4, 0.5) is 11.4 Å². The number of non-ortho nitro benzene ring substituents is 1. The van der Waals surface area contributed by atoms with Gasteiger partial charge in [0.05, 0.1) is 22.8 Å². The number of carbonyl (C=O) groups excluding carboxylic acids is 3. The number of nitro benzene ring substituents is 1. The van der Waals surface area contributed by atoms with E-state index in [9.17, 15) is 24.5 Å². The molecule has 0 aromatic heterocycles. The molecule has 2 amide bonds. The van der Waals surface area contributed by atoms with Crippen molar-refractivity contribution >= 4 is 35.0 Å². The van der Waals surface area contributed by atoms with Crippen LogP contribution in [0.1, 0.15) is 22.3 Å². The second-order valence-corrected chi connectivity index (χ2v) is 8.66. The number of ether oxygens (including phenoxy) is 1. The molecule has 0 bridgehead atoms. The summed E-state index contributed by atoms with van der Waals surface area (Å²) in [5, 5.41) is 11.3. The fraction of sp³-hybridized carbons (Fsp3) is 0.320. The lowest BCUT2D eigenvalue weighted by atomic mass is 9.86. The van der Waals surface area contributed by atoms with Crippen LogP contribution in [0.3, 0.4) is 0 Å². The first-order chi connectivity index (χ1) is 16.4. The van der Waals surface area contributed by atoms with Crippen LogP contribution < -0.4 is 4.90 Å². The summed E-state index contributed by atoms with van der Waals surface area (Å²) in [5.41, 5.74) is 1.58. The Morgan fingerprint density at radius 1 is 1.09 bits per heavy atom. The predicted octanol–water partition coefficient (Wildman–Crippen LogP) is 2.70. The third kappa shape index (κ3) is 3.31. The van der Waals surface area contributed by atoms with E-state index in [-0.39, 0.29) is 29.6 Å². The van der Waals surface area contributed by atoms with E-state index < -0.39 is 34.6 Å². The summed E-state index contributed by atoms with van der Waals surface area (Å²) in [4.78, 5) is 54.6. The molecule has 174 valence electrons. The van der Waals surface area contributed by atoms with Crippen molar-refractivity contribution in [2.24, 2.45) is 11.8 Å². The van der Waals surface area contributed by atoms with Gasteiger partial charge in [0.25, 0.3) is 5.69 Å². The number of anilines is 1. The molecule has 3 aliphatic heterocycles. The number of carbonyl (C=O) groups is 3. The molecule has 0 N–H and O–H groups in total. The van der Waals surface area contributed by atoms with Gasteiger partial charge in [-0.1, -0.05) is 42.5 Å². The normalized spacial score (nSPS) is 24.7. The number of amides is 2. The van der Waals surface area contributed by atoms with Crippen LogP contribution >= 0.6 is 0 Å². The van der Waals surface area contributed by atoms with E-state index >= 15 is 0 Å². The van der Waals surface area contributed by atoms with Crippen molar-refractivity contribution in [1.82, 2.24) is 4.90 Å². The van der Waals surface area contributed by atoms with Crippen molar-refractivity contribution in [2.45, 2.75) is 18.5 Å². The third-order valence-corrected chi connectivity index (χ3v) is 6.85. The van der Waals surface area contributed by atoms with Crippen LogP contribution in [0.25, 0.3) is 6.08 Å². The van der Waals surface area contributed by atoms with E-state index in [2.05, 4.69) is 0 Å². The average molecular weight is 461 g/mol. The van der Waals surface area contributed by atoms with Crippen molar-refractivity contribution in [1.29, 1.82) is 0 Å². The Balaban J connectivity index is 1.59. The molecule has 2 aromatic rings. The third-order valence-electron chi connectivity index (χ3n) is 6.85. The van der Waals surface area contributed by atoms with Gasteiger partial charge in [0.1, 0.15) is 6.04 Å². The molecular weight excluding hydrogens is 438 g/mol. The van der Waals surface area contributed by atoms with Gasteiger partial charge in [0, 0.05) is 43.6 Å². The molecule has 0 saturated carbocycles. The Kier molecular flexibility index (Phi) is 5.49. The van der Waals surface area contributed by atoms with Crippen LogP contribution in [0.2, 0.25) is 0 Å². The molecule has 2 saturated heterocycles. The van der Waals surface area contributed by atoms with Crippen molar-refractivity contribution in [3.63, 3.8) is 0 Å². The molecule has 4 atom stereocenters. The van der Waals surface area contributed by atoms with E-state index in [4.69, 9.17) is 4.74 Å². The second-order valence-electron chi connectivity index (χ2n) is 8.66. The van der Waals surface area contributed by atoms with Gasteiger partial charge in [0.15, 0.2) is 5.78 Å². The number of hydrogen-bond acceptors (Lipinski definition) is 7. The Labute approximate surface area is 195 Å². The van der Waals surface area contributed by atoms with E-state index in [0.29, 0.717) is 13.0 Å². The number of imide groups is 1.